The molecule has 0 aliphatic rings. The van der Waals surface area contributed by atoms with E-state index in [-0.39, 0.29) is 24.2 Å². The van der Waals surface area contributed by atoms with Crippen molar-refractivity contribution in [2.24, 2.45) is 0 Å². The molecule has 0 radical (unpaired) electrons. The Bertz CT molecular complexity index is 386. The zero-order chi connectivity index (χ0) is 15.2. The molecular weight excluding hydrogens is 278 g/mol. The lowest BCUT2D eigenvalue weighted by atomic mass is 10.3. The molecule has 0 aliphatic carbocycles. The summed E-state index contributed by atoms with van der Waals surface area (Å²) >= 11 is 0. The van der Waals surface area contributed by atoms with Crippen LogP contribution in [-0.2, 0) is 9.59 Å². The van der Waals surface area contributed by atoms with Gasteiger partial charge in [-0.15, -0.1) is 0 Å². The molecule has 0 saturated carbocycles. The smallest absolute Gasteiger partial charge is 0.267 e. The molecule has 0 spiro atoms. The molecule has 2 amide bonds. The van der Waals surface area contributed by atoms with Gasteiger partial charge in [-0.2, -0.15) is 0 Å². The molecule has 5 nitrogen and oxygen atoms in total. The van der Waals surface area contributed by atoms with Gasteiger partial charge in [0.25, 0.3) is 11.8 Å². The predicted octanol–water partition coefficient (Wildman–Crippen LogP) is -1.90. The average molecular weight is 304 g/mol. The zero-order valence-corrected chi connectivity index (χ0v) is 13.9. The fraction of sp³-hybridized carbons (Fsp3) is 0.571. The van der Waals surface area contributed by atoms with E-state index >= 15 is 0 Å². The third-order valence-corrected chi connectivity index (χ3v) is 2.45. The van der Waals surface area contributed by atoms with Crippen LogP contribution in [0.15, 0.2) is 24.3 Å². The van der Waals surface area contributed by atoms with E-state index in [1.165, 1.54) is 5.01 Å². The van der Waals surface area contributed by atoms with Gasteiger partial charge in [0.05, 0.1) is 27.7 Å². The molecule has 0 rings (SSSR count). The molecule has 116 valence electrons. The molecular formula is C14H26ClN3O2. The number of hydrogen-bond acceptors (Lipinski definition) is 2. The SMILES string of the molecule is C=C(C)C(=O)NN(CCC[N+](C)(C)C)C(=O)C(=C)C.[Cl-]. The van der Waals surface area contributed by atoms with Crippen molar-refractivity contribution in [3.8, 4) is 0 Å². The fourth-order valence-electron chi connectivity index (χ4n) is 1.36. The molecule has 1 N–H and O–H groups in total. The minimum absolute atomic E-state index is 0. The standard InChI is InChI=1S/C14H25N3O2.ClH/c1-11(2)13(18)15-16(14(19)12(3)4)9-8-10-17(5,6)7;/h1,3,8-10H2,2,4-7H3;1H. The molecule has 6 heteroatoms. The highest BCUT2D eigenvalue weighted by atomic mass is 35.5. The van der Waals surface area contributed by atoms with Crippen LogP contribution in [0.25, 0.3) is 0 Å². The maximum absolute atomic E-state index is 11.9. The second kappa shape index (κ2) is 8.76. The summed E-state index contributed by atoms with van der Waals surface area (Å²) in [4.78, 5) is 23.5. The maximum atomic E-state index is 11.9. The van der Waals surface area contributed by atoms with Crippen molar-refractivity contribution in [1.82, 2.24) is 10.4 Å². The number of hydrogen-bond donors (Lipinski definition) is 1. The van der Waals surface area contributed by atoms with Gasteiger partial charge in [0.1, 0.15) is 0 Å². The molecule has 0 atom stereocenters. The summed E-state index contributed by atoms with van der Waals surface area (Å²) < 4.78 is 0.809. The molecule has 0 aromatic heterocycles. The zero-order valence-electron chi connectivity index (χ0n) is 13.1. The molecule has 0 aromatic carbocycles. The summed E-state index contributed by atoms with van der Waals surface area (Å²) in [6.45, 7) is 11.8. The van der Waals surface area contributed by atoms with E-state index in [4.69, 9.17) is 0 Å². The molecule has 0 aromatic rings. The lowest BCUT2D eigenvalue weighted by Crippen LogP contribution is -3.00. The van der Waals surface area contributed by atoms with Crippen LogP contribution in [-0.4, -0.2) is 55.5 Å². The number of nitrogens with zero attached hydrogens (tertiary/aromatic N) is 2. The third kappa shape index (κ3) is 8.72. The Hall–Kier alpha value is -1.33. The Balaban J connectivity index is 0. The van der Waals surface area contributed by atoms with E-state index in [0.29, 0.717) is 17.7 Å². The average Bonchev–Trinajstić information content (AvgIpc) is 2.24. The topological polar surface area (TPSA) is 49.4 Å². The van der Waals surface area contributed by atoms with Gasteiger partial charge in [-0.1, -0.05) is 13.2 Å². The van der Waals surface area contributed by atoms with Crippen molar-refractivity contribution < 1.29 is 26.5 Å². The van der Waals surface area contributed by atoms with Crippen LogP contribution in [0.3, 0.4) is 0 Å². The van der Waals surface area contributed by atoms with Crippen LogP contribution >= 0.6 is 0 Å². The molecule has 0 unspecified atom stereocenters. The van der Waals surface area contributed by atoms with Crippen molar-refractivity contribution in [3.63, 3.8) is 0 Å². The molecule has 0 aliphatic heterocycles. The highest BCUT2D eigenvalue weighted by Gasteiger charge is 2.18. The van der Waals surface area contributed by atoms with Crippen LogP contribution in [0.1, 0.15) is 20.3 Å². The number of carbonyl (C=O) groups excluding carboxylic acids is 2. The highest BCUT2D eigenvalue weighted by molar-refractivity contribution is 5.97. The molecule has 0 fully saturated rings. The van der Waals surface area contributed by atoms with Crippen molar-refractivity contribution in [2.45, 2.75) is 20.3 Å². The van der Waals surface area contributed by atoms with Crippen molar-refractivity contribution in [2.75, 3.05) is 34.2 Å². The highest BCUT2D eigenvalue weighted by Crippen LogP contribution is 2.01. The van der Waals surface area contributed by atoms with Crippen LogP contribution < -0.4 is 17.8 Å². The number of rotatable bonds is 6. The predicted molar refractivity (Wildman–Crippen MR) is 77.0 cm³/mol. The maximum Gasteiger partial charge on any atom is 0.267 e. The number of amides is 2. The number of hydrazine groups is 1. The minimum atomic E-state index is -0.347. The monoisotopic (exact) mass is 303 g/mol. The second-order valence-corrected chi connectivity index (χ2v) is 5.83. The summed E-state index contributed by atoms with van der Waals surface area (Å²) in [7, 11) is 6.24. The van der Waals surface area contributed by atoms with Crippen LogP contribution in [0.4, 0.5) is 0 Å². The number of carbonyl (C=O) groups is 2. The van der Waals surface area contributed by atoms with Gasteiger partial charge < -0.3 is 16.9 Å². The Morgan fingerprint density at radius 2 is 1.60 bits per heavy atom. The van der Waals surface area contributed by atoms with Crippen LogP contribution in [0, 0.1) is 0 Å². The first-order valence-electron chi connectivity index (χ1n) is 6.29. The van der Waals surface area contributed by atoms with E-state index in [2.05, 4.69) is 39.7 Å². The van der Waals surface area contributed by atoms with Gasteiger partial charge in [-0.3, -0.25) is 15.0 Å². The summed E-state index contributed by atoms with van der Waals surface area (Å²) in [6, 6.07) is 0. The Kier molecular flexibility index (Phi) is 9.19. The number of nitrogens with one attached hydrogen (secondary N) is 1. The molecule has 20 heavy (non-hydrogen) atoms. The summed E-state index contributed by atoms with van der Waals surface area (Å²) in [5.74, 6) is -0.615. The van der Waals surface area contributed by atoms with Gasteiger partial charge in [-0.05, 0) is 13.8 Å². The van der Waals surface area contributed by atoms with Crippen LogP contribution in [0.5, 0.6) is 0 Å². The second-order valence-electron chi connectivity index (χ2n) is 5.83. The first-order valence-corrected chi connectivity index (χ1v) is 6.29. The Labute approximate surface area is 128 Å². The van der Waals surface area contributed by atoms with E-state index in [1.54, 1.807) is 13.8 Å². The van der Waals surface area contributed by atoms with Gasteiger partial charge in [0.2, 0.25) is 0 Å². The molecule has 0 bridgehead atoms. The number of quaternary nitrogens is 1. The quantitative estimate of drug-likeness (QED) is 0.354. The van der Waals surface area contributed by atoms with Crippen LogP contribution in [0.2, 0.25) is 0 Å². The Morgan fingerprint density at radius 1 is 1.10 bits per heavy atom. The summed E-state index contributed by atoms with van der Waals surface area (Å²) in [6.07, 6.45) is 0.791. The van der Waals surface area contributed by atoms with Crippen molar-refractivity contribution >= 4 is 11.8 Å². The lowest BCUT2D eigenvalue weighted by Gasteiger charge is -2.27. The fourth-order valence-corrected chi connectivity index (χ4v) is 1.36. The Morgan fingerprint density at radius 3 is 1.95 bits per heavy atom. The van der Waals surface area contributed by atoms with Crippen molar-refractivity contribution in [3.05, 3.63) is 24.3 Å². The summed E-state index contributed by atoms with van der Waals surface area (Å²) in [5.41, 5.74) is 3.32. The van der Waals surface area contributed by atoms with Gasteiger partial charge in [-0.25, -0.2) is 5.01 Å². The minimum Gasteiger partial charge on any atom is -1.00 e. The van der Waals surface area contributed by atoms with Gasteiger partial charge in [0, 0.05) is 24.1 Å². The molecule has 0 saturated heterocycles. The first-order chi connectivity index (χ1) is 8.54. The van der Waals surface area contributed by atoms with Crippen molar-refractivity contribution in [1.29, 1.82) is 0 Å². The van der Waals surface area contributed by atoms with E-state index in [0.717, 1.165) is 17.4 Å². The van der Waals surface area contributed by atoms with E-state index in [9.17, 15) is 9.59 Å². The van der Waals surface area contributed by atoms with Gasteiger partial charge >= 0.3 is 0 Å². The van der Waals surface area contributed by atoms with Gasteiger partial charge in [0.15, 0.2) is 0 Å². The summed E-state index contributed by atoms with van der Waals surface area (Å²) in [5, 5.41) is 1.31. The molecule has 0 heterocycles. The normalized spacial score (nSPS) is 10.2. The number of halogens is 1. The van der Waals surface area contributed by atoms with E-state index in [1.807, 2.05) is 0 Å². The lowest BCUT2D eigenvalue weighted by molar-refractivity contribution is -0.870. The van der Waals surface area contributed by atoms with E-state index < -0.39 is 0 Å². The third-order valence-electron chi connectivity index (χ3n) is 2.45. The first kappa shape index (κ1) is 21.0. The largest absolute Gasteiger partial charge is 1.00 e.